The van der Waals surface area contributed by atoms with E-state index in [9.17, 15) is 4.79 Å². The van der Waals surface area contributed by atoms with Crippen LogP contribution < -0.4 is 4.74 Å². The molecule has 5 nitrogen and oxygen atoms in total. The van der Waals surface area contributed by atoms with Crippen LogP contribution in [0.25, 0.3) is 0 Å². The highest BCUT2D eigenvalue weighted by atomic mass is 16.5. The molecule has 2 rings (SSSR count). The summed E-state index contributed by atoms with van der Waals surface area (Å²) >= 11 is 0. The smallest absolute Gasteiger partial charge is 0.213 e. The Bertz CT molecular complexity index is 440. The van der Waals surface area contributed by atoms with Gasteiger partial charge in [-0.2, -0.15) is 4.98 Å². The number of ether oxygens (including phenoxy) is 1. The predicted octanol–water partition coefficient (Wildman–Crippen LogP) is 1.46. The van der Waals surface area contributed by atoms with Crippen molar-refractivity contribution in [2.24, 2.45) is 0 Å². The van der Waals surface area contributed by atoms with E-state index >= 15 is 0 Å². The Labute approximate surface area is 85.7 Å². The molecule has 5 heteroatoms. The number of nitrogens with zero attached hydrogens (tertiary/aromatic N) is 2. The van der Waals surface area contributed by atoms with Crippen LogP contribution in [-0.2, 0) is 6.61 Å². The topological polar surface area (TPSA) is 65.2 Å². The van der Waals surface area contributed by atoms with Crippen LogP contribution in [0.5, 0.6) is 5.75 Å². The van der Waals surface area contributed by atoms with Gasteiger partial charge in [-0.3, -0.25) is 4.79 Å². The summed E-state index contributed by atoms with van der Waals surface area (Å²) in [5.41, 5.74) is 0.501. The third-order valence-corrected chi connectivity index (χ3v) is 1.81. The summed E-state index contributed by atoms with van der Waals surface area (Å²) < 4.78 is 9.90. The van der Waals surface area contributed by atoms with E-state index in [1.165, 1.54) is 6.39 Å². The maximum absolute atomic E-state index is 10.7. The highest BCUT2D eigenvalue weighted by molar-refractivity contribution is 5.79. The van der Waals surface area contributed by atoms with Crippen LogP contribution in [0.3, 0.4) is 0 Å². The fourth-order valence-corrected chi connectivity index (χ4v) is 1.11. The number of carbonyl (C=O) groups is 1. The molecule has 15 heavy (non-hydrogen) atoms. The molecule has 0 saturated heterocycles. The van der Waals surface area contributed by atoms with Gasteiger partial charge in [0.15, 0.2) is 12.9 Å². The molecule has 0 fully saturated rings. The van der Waals surface area contributed by atoms with Gasteiger partial charge in [0, 0.05) is 0 Å². The van der Waals surface area contributed by atoms with Crippen molar-refractivity contribution in [3.8, 4) is 5.75 Å². The molecule has 76 valence electrons. The lowest BCUT2D eigenvalue weighted by Gasteiger charge is -2.04. The largest absolute Gasteiger partial charge is 0.485 e. The molecule has 1 aromatic heterocycles. The first-order valence-electron chi connectivity index (χ1n) is 4.32. The lowest BCUT2D eigenvalue weighted by molar-refractivity contribution is 0.111. The van der Waals surface area contributed by atoms with Gasteiger partial charge in [0.05, 0.1) is 5.56 Å². The number of hydrogen-bond acceptors (Lipinski definition) is 5. The molecule has 0 atom stereocenters. The SMILES string of the molecule is O=Cc1ccccc1OCc1ncon1. The number of hydrogen-bond donors (Lipinski definition) is 0. The summed E-state index contributed by atoms with van der Waals surface area (Å²) in [6.45, 7) is 0.182. The molecular formula is C10H8N2O3. The Morgan fingerprint density at radius 1 is 1.40 bits per heavy atom. The van der Waals surface area contributed by atoms with E-state index in [1.807, 2.05) is 0 Å². The molecule has 0 unspecified atom stereocenters. The number of aromatic nitrogens is 2. The Balaban J connectivity index is 2.07. The molecule has 0 radical (unpaired) electrons. The van der Waals surface area contributed by atoms with Crippen molar-refractivity contribution >= 4 is 6.29 Å². The van der Waals surface area contributed by atoms with Gasteiger partial charge in [0.1, 0.15) is 5.75 Å². The first-order valence-corrected chi connectivity index (χ1v) is 4.32. The zero-order valence-electron chi connectivity index (χ0n) is 7.79. The van der Waals surface area contributed by atoms with Crippen LogP contribution in [0.15, 0.2) is 35.2 Å². The number of carbonyl (C=O) groups excluding carboxylic acids is 1. The normalized spacial score (nSPS) is 9.87. The third kappa shape index (κ3) is 2.19. The van der Waals surface area contributed by atoms with Crippen molar-refractivity contribution in [2.45, 2.75) is 6.61 Å². The van der Waals surface area contributed by atoms with E-state index in [0.29, 0.717) is 17.1 Å². The molecule has 1 aromatic carbocycles. The van der Waals surface area contributed by atoms with E-state index in [4.69, 9.17) is 4.74 Å². The summed E-state index contributed by atoms with van der Waals surface area (Å²) in [7, 11) is 0. The second-order valence-corrected chi connectivity index (χ2v) is 2.79. The Hall–Kier alpha value is -2.17. The fraction of sp³-hybridized carbons (Fsp3) is 0.100. The standard InChI is InChI=1S/C10H8N2O3/c13-5-8-3-1-2-4-9(8)14-6-10-11-7-15-12-10/h1-5,7H,6H2. The van der Waals surface area contributed by atoms with Gasteiger partial charge in [-0.25, -0.2) is 0 Å². The minimum absolute atomic E-state index is 0.182. The van der Waals surface area contributed by atoms with Crippen molar-refractivity contribution in [1.29, 1.82) is 0 Å². The van der Waals surface area contributed by atoms with Gasteiger partial charge in [0.2, 0.25) is 12.2 Å². The summed E-state index contributed by atoms with van der Waals surface area (Å²) in [6, 6.07) is 6.95. The van der Waals surface area contributed by atoms with Crippen molar-refractivity contribution < 1.29 is 14.1 Å². The summed E-state index contributed by atoms with van der Waals surface area (Å²) in [4.78, 5) is 14.5. The lowest BCUT2D eigenvalue weighted by Crippen LogP contribution is -1.99. The maximum atomic E-state index is 10.7. The maximum Gasteiger partial charge on any atom is 0.213 e. The number of benzene rings is 1. The monoisotopic (exact) mass is 204 g/mol. The van der Waals surface area contributed by atoms with Crippen LogP contribution in [-0.4, -0.2) is 16.4 Å². The van der Waals surface area contributed by atoms with Crippen LogP contribution >= 0.6 is 0 Å². The molecule has 1 heterocycles. The second kappa shape index (κ2) is 4.36. The van der Waals surface area contributed by atoms with E-state index in [0.717, 1.165) is 6.29 Å². The molecular weight excluding hydrogens is 196 g/mol. The van der Waals surface area contributed by atoms with Gasteiger partial charge in [-0.15, -0.1) is 0 Å². The molecule has 0 bridgehead atoms. The number of aldehydes is 1. The highest BCUT2D eigenvalue weighted by Gasteiger charge is 2.03. The predicted molar refractivity (Wildman–Crippen MR) is 50.5 cm³/mol. The van der Waals surface area contributed by atoms with Crippen molar-refractivity contribution in [3.63, 3.8) is 0 Å². The van der Waals surface area contributed by atoms with Gasteiger partial charge in [-0.1, -0.05) is 17.3 Å². The Kier molecular flexibility index (Phi) is 2.73. The third-order valence-electron chi connectivity index (χ3n) is 1.81. The molecule has 0 amide bonds. The van der Waals surface area contributed by atoms with Crippen LogP contribution in [0.1, 0.15) is 16.2 Å². The van der Waals surface area contributed by atoms with Gasteiger partial charge in [0.25, 0.3) is 0 Å². The summed E-state index contributed by atoms with van der Waals surface area (Å²) in [5, 5.41) is 3.59. The minimum atomic E-state index is 0.182. The van der Waals surface area contributed by atoms with Crippen LogP contribution in [0, 0.1) is 0 Å². The average molecular weight is 204 g/mol. The van der Waals surface area contributed by atoms with Crippen molar-refractivity contribution in [1.82, 2.24) is 10.1 Å². The minimum Gasteiger partial charge on any atom is -0.485 e. The van der Waals surface area contributed by atoms with E-state index in [-0.39, 0.29) is 6.61 Å². The van der Waals surface area contributed by atoms with Crippen molar-refractivity contribution in [2.75, 3.05) is 0 Å². The number of para-hydroxylation sites is 1. The second-order valence-electron chi connectivity index (χ2n) is 2.79. The quantitative estimate of drug-likeness (QED) is 0.705. The molecule has 0 aliphatic heterocycles. The summed E-state index contributed by atoms with van der Waals surface area (Å²) in [6.07, 6.45) is 1.97. The average Bonchev–Trinajstić information content (AvgIpc) is 2.79. The molecule has 2 aromatic rings. The first kappa shape index (κ1) is 9.39. The van der Waals surface area contributed by atoms with Crippen LogP contribution in [0.2, 0.25) is 0 Å². The van der Waals surface area contributed by atoms with Gasteiger partial charge < -0.3 is 9.26 Å². The Morgan fingerprint density at radius 2 is 2.27 bits per heavy atom. The summed E-state index contributed by atoms with van der Waals surface area (Å²) in [5.74, 6) is 0.952. The first-order chi connectivity index (χ1) is 7.40. The zero-order chi connectivity index (χ0) is 10.5. The van der Waals surface area contributed by atoms with E-state index in [2.05, 4.69) is 14.7 Å². The number of rotatable bonds is 4. The molecule has 0 saturated carbocycles. The van der Waals surface area contributed by atoms with Gasteiger partial charge in [-0.05, 0) is 12.1 Å². The van der Waals surface area contributed by atoms with Gasteiger partial charge >= 0.3 is 0 Å². The van der Waals surface area contributed by atoms with Crippen LogP contribution in [0.4, 0.5) is 0 Å². The van der Waals surface area contributed by atoms with E-state index in [1.54, 1.807) is 24.3 Å². The molecule has 0 spiro atoms. The fourth-order valence-electron chi connectivity index (χ4n) is 1.11. The highest BCUT2D eigenvalue weighted by Crippen LogP contribution is 2.16. The molecule has 0 aliphatic rings. The lowest BCUT2D eigenvalue weighted by atomic mass is 10.2. The van der Waals surface area contributed by atoms with E-state index < -0.39 is 0 Å². The molecule has 0 aliphatic carbocycles. The zero-order valence-corrected chi connectivity index (χ0v) is 7.79. The van der Waals surface area contributed by atoms with Crippen molar-refractivity contribution in [3.05, 3.63) is 42.0 Å². The molecule has 0 N–H and O–H groups in total. The Morgan fingerprint density at radius 3 is 3.00 bits per heavy atom.